The second-order valence-corrected chi connectivity index (χ2v) is 5.59. The third-order valence-electron chi connectivity index (χ3n) is 3.91. The highest BCUT2D eigenvalue weighted by Gasteiger charge is 2.36. The molecule has 2 saturated heterocycles. The summed E-state index contributed by atoms with van der Waals surface area (Å²) in [6, 6.07) is 9.79. The van der Waals surface area contributed by atoms with Crippen molar-refractivity contribution >= 4 is 17.9 Å². The Bertz CT molecular complexity index is 588. The lowest BCUT2D eigenvalue weighted by Crippen LogP contribution is -2.39. The van der Waals surface area contributed by atoms with Crippen molar-refractivity contribution in [2.24, 2.45) is 0 Å². The fraction of sp³-hybridized carbons (Fsp3) is 0.438. The molecule has 23 heavy (non-hydrogen) atoms. The van der Waals surface area contributed by atoms with Crippen molar-refractivity contribution in [3.05, 3.63) is 35.9 Å². The Morgan fingerprint density at radius 3 is 2.52 bits per heavy atom. The lowest BCUT2D eigenvalue weighted by atomic mass is 10.2. The normalized spacial score (nSPS) is 21.1. The quantitative estimate of drug-likeness (QED) is 0.786. The van der Waals surface area contributed by atoms with Crippen molar-refractivity contribution in [2.45, 2.75) is 32.0 Å². The first-order valence-electron chi connectivity index (χ1n) is 7.61. The van der Waals surface area contributed by atoms with Crippen LogP contribution in [0.3, 0.4) is 0 Å². The smallest absolute Gasteiger partial charge is 0.372 e. The number of hydrogen-bond acceptors (Lipinski definition) is 5. The van der Waals surface area contributed by atoms with E-state index in [-0.39, 0.29) is 18.9 Å². The van der Waals surface area contributed by atoms with Crippen LogP contribution >= 0.6 is 0 Å². The molecule has 3 amide bonds. The van der Waals surface area contributed by atoms with Crippen LogP contribution in [0, 0.1) is 0 Å². The molecule has 7 heteroatoms. The molecule has 7 nitrogen and oxygen atoms in total. The number of carbonyl (C=O) groups is 3. The summed E-state index contributed by atoms with van der Waals surface area (Å²) < 4.78 is 5.78. The number of rotatable bonds is 4. The van der Waals surface area contributed by atoms with Gasteiger partial charge in [0.2, 0.25) is 0 Å². The van der Waals surface area contributed by atoms with Crippen LogP contribution < -0.4 is 0 Å². The van der Waals surface area contributed by atoms with Crippen molar-refractivity contribution in [1.82, 2.24) is 9.96 Å². The lowest BCUT2D eigenvalue weighted by Gasteiger charge is -2.19. The number of ether oxygens (including phenoxy) is 1. The summed E-state index contributed by atoms with van der Waals surface area (Å²) in [4.78, 5) is 41.3. The van der Waals surface area contributed by atoms with Gasteiger partial charge in [0, 0.05) is 19.4 Å². The van der Waals surface area contributed by atoms with Gasteiger partial charge in [0.25, 0.3) is 11.8 Å². The summed E-state index contributed by atoms with van der Waals surface area (Å²) >= 11 is 0. The van der Waals surface area contributed by atoms with Gasteiger partial charge in [-0.15, -0.1) is 5.06 Å². The first-order chi connectivity index (χ1) is 11.1. The van der Waals surface area contributed by atoms with Gasteiger partial charge in [0.05, 0.1) is 19.3 Å². The summed E-state index contributed by atoms with van der Waals surface area (Å²) in [6.45, 7) is 1.36. The summed E-state index contributed by atoms with van der Waals surface area (Å²) in [5.74, 6) is -0.946. The average molecular weight is 318 g/mol. The zero-order valence-corrected chi connectivity index (χ0v) is 12.6. The largest absolute Gasteiger partial charge is 0.434 e. The summed E-state index contributed by atoms with van der Waals surface area (Å²) in [5.41, 5.74) is 1.07. The van der Waals surface area contributed by atoms with Crippen LogP contribution in [-0.4, -0.2) is 47.1 Å². The van der Waals surface area contributed by atoms with E-state index < -0.39 is 17.9 Å². The van der Waals surface area contributed by atoms with Gasteiger partial charge in [-0.05, 0) is 12.0 Å². The highest BCUT2D eigenvalue weighted by atomic mass is 16.7. The molecule has 2 fully saturated rings. The molecular formula is C16H18N2O5. The van der Waals surface area contributed by atoms with E-state index in [4.69, 9.17) is 9.57 Å². The zero-order chi connectivity index (χ0) is 16.2. The van der Waals surface area contributed by atoms with Crippen LogP contribution in [-0.2, 0) is 25.8 Å². The molecule has 2 aliphatic heterocycles. The molecule has 1 atom stereocenters. The van der Waals surface area contributed by atoms with E-state index >= 15 is 0 Å². The Balaban J connectivity index is 1.46. The van der Waals surface area contributed by atoms with E-state index in [0.29, 0.717) is 31.2 Å². The number of benzene rings is 1. The van der Waals surface area contributed by atoms with Crippen LogP contribution in [0.5, 0.6) is 0 Å². The SMILES string of the molecule is O=C(ON1C(=O)CCC1=O)N1CC[C@@H](OCc2ccccc2)C1. The maximum Gasteiger partial charge on any atom is 0.434 e. The van der Waals surface area contributed by atoms with Crippen molar-refractivity contribution in [2.75, 3.05) is 13.1 Å². The molecule has 1 aromatic rings. The molecule has 3 rings (SSSR count). The predicted octanol–water partition coefficient (Wildman–Crippen LogP) is 1.48. The van der Waals surface area contributed by atoms with Gasteiger partial charge < -0.3 is 14.5 Å². The molecule has 0 N–H and O–H groups in total. The van der Waals surface area contributed by atoms with Crippen LogP contribution in [0.2, 0.25) is 0 Å². The van der Waals surface area contributed by atoms with Crippen molar-refractivity contribution in [3.63, 3.8) is 0 Å². The Hall–Kier alpha value is -2.41. The van der Waals surface area contributed by atoms with E-state index in [1.165, 1.54) is 4.90 Å². The molecule has 2 aliphatic rings. The van der Waals surface area contributed by atoms with Crippen molar-refractivity contribution < 1.29 is 24.0 Å². The van der Waals surface area contributed by atoms with E-state index in [0.717, 1.165) is 5.56 Å². The van der Waals surface area contributed by atoms with Gasteiger partial charge >= 0.3 is 6.09 Å². The van der Waals surface area contributed by atoms with E-state index in [1.807, 2.05) is 30.3 Å². The number of imide groups is 1. The molecular weight excluding hydrogens is 300 g/mol. The first kappa shape index (κ1) is 15.5. The van der Waals surface area contributed by atoms with E-state index in [2.05, 4.69) is 0 Å². The topological polar surface area (TPSA) is 76.2 Å². The van der Waals surface area contributed by atoms with Gasteiger partial charge in [-0.1, -0.05) is 30.3 Å². The molecule has 0 spiro atoms. The highest BCUT2D eigenvalue weighted by Crippen LogP contribution is 2.18. The Morgan fingerprint density at radius 2 is 1.83 bits per heavy atom. The fourth-order valence-corrected chi connectivity index (χ4v) is 2.61. The van der Waals surface area contributed by atoms with Gasteiger partial charge in [0.15, 0.2) is 0 Å². The Labute approximate surface area is 133 Å². The molecule has 1 aromatic carbocycles. The predicted molar refractivity (Wildman–Crippen MR) is 78.8 cm³/mol. The molecule has 0 bridgehead atoms. The number of likely N-dealkylation sites (tertiary alicyclic amines) is 1. The van der Waals surface area contributed by atoms with E-state index in [1.54, 1.807) is 0 Å². The van der Waals surface area contributed by atoms with Crippen LogP contribution in [0.1, 0.15) is 24.8 Å². The minimum atomic E-state index is -0.681. The minimum absolute atomic E-state index is 0.0762. The summed E-state index contributed by atoms with van der Waals surface area (Å²) in [5, 5.41) is 0.570. The maximum absolute atomic E-state index is 12.0. The Morgan fingerprint density at radius 1 is 1.13 bits per heavy atom. The molecule has 2 heterocycles. The van der Waals surface area contributed by atoms with Crippen LogP contribution in [0.25, 0.3) is 0 Å². The second kappa shape index (κ2) is 6.78. The lowest BCUT2D eigenvalue weighted by molar-refractivity contribution is -0.173. The van der Waals surface area contributed by atoms with Gasteiger partial charge in [0.1, 0.15) is 0 Å². The molecule has 122 valence electrons. The van der Waals surface area contributed by atoms with Crippen molar-refractivity contribution in [3.8, 4) is 0 Å². The molecule has 0 unspecified atom stereocenters. The fourth-order valence-electron chi connectivity index (χ4n) is 2.61. The first-order valence-corrected chi connectivity index (χ1v) is 7.61. The maximum atomic E-state index is 12.0. The highest BCUT2D eigenvalue weighted by molar-refractivity contribution is 6.01. The monoisotopic (exact) mass is 318 g/mol. The van der Waals surface area contributed by atoms with Crippen LogP contribution in [0.15, 0.2) is 30.3 Å². The van der Waals surface area contributed by atoms with Gasteiger partial charge in [-0.25, -0.2) is 4.79 Å². The molecule has 0 radical (unpaired) electrons. The number of amides is 3. The number of carbonyl (C=O) groups excluding carboxylic acids is 3. The number of hydrogen-bond donors (Lipinski definition) is 0. The molecule has 0 saturated carbocycles. The standard InChI is InChI=1S/C16H18N2O5/c19-14-6-7-15(20)18(14)23-16(21)17-9-8-13(10-17)22-11-12-4-2-1-3-5-12/h1-5,13H,6-11H2/t13-/m1/s1. The van der Waals surface area contributed by atoms with Crippen LogP contribution in [0.4, 0.5) is 4.79 Å². The third-order valence-corrected chi connectivity index (χ3v) is 3.91. The van der Waals surface area contributed by atoms with E-state index in [9.17, 15) is 14.4 Å². The molecule has 0 aromatic heterocycles. The summed E-state index contributed by atoms with van der Waals surface area (Å²) in [7, 11) is 0. The second-order valence-electron chi connectivity index (χ2n) is 5.59. The number of nitrogens with zero attached hydrogens (tertiary/aromatic N) is 2. The minimum Gasteiger partial charge on any atom is -0.372 e. The average Bonchev–Trinajstić information content (AvgIpc) is 3.16. The van der Waals surface area contributed by atoms with Gasteiger partial charge in [-0.3, -0.25) is 9.59 Å². The zero-order valence-electron chi connectivity index (χ0n) is 12.6. The molecule has 0 aliphatic carbocycles. The Kier molecular flexibility index (Phi) is 4.57. The number of hydroxylamine groups is 2. The van der Waals surface area contributed by atoms with Crippen molar-refractivity contribution in [1.29, 1.82) is 0 Å². The summed E-state index contributed by atoms with van der Waals surface area (Å²) in [6.07, 6.45) is 0.125. The third kappa shape index (κ3) is 3.68. The van der Waals surface area contributed by atoms with Gasteiger partial charge in [-0.2, -0.15) is 0 Å².